The fourth-order valence-electron chi connectivity index (χ4n) is 2.91. The summed E-state index contributed by atoms with van der Waals surface area (Å²) in [5.41, 5.74) is 5.69. The Morgan fingerprint density at radius 1 is 0.697 bits per heavy atom. The van der Waals surface area contributed by atoms with Crippen LogP contribution < -0.4 is 5.43 Å². The molecular weight excluding hydrogens is 460 g/mol. The minimum atomic E-state index is -4.38. The third-order valence-corrected chi connectivity index (χ3v) is 8.22. The molecule has 9 heteroatoms. The number of rotatable bonds is 7. The van der Waals surface area contributed by atoms with Gasteiger partial charge in [-0.15, -0.1) is 0 Å². The molecule has 0 spiro atoms. The molecule has 33 heavy (non-hydrogen) atoms. The van der Waals surface area contributed by atoms with Crippen LogP contribution in [-0.2, 0) is 24.5 Å². The number of nitrogens with one attached hydrogen (secondary N) is 1. The molecule has 0 amide bonds. The van der Waals surface area contributed by atoms with Crippen molar-refractivity contribution in [3.05, 3.63) is 89.5 Å². The molecule has 3 aromatic rings. The first-order chi connectivity index (χ1) is 15.5. The fraction of sp³-hybridized carbons (Fsp3) is 0.167. The summed E-state index contributed by atoms with van der Waals surface area (Å²) in [6.45, 7) is 5.49. The Balaban J connectivity index is 2.00. The molecule has 0 radical (unpaired) electrons. The molecule has 0 aromatic heterocycles. The van der Waals surface area contributed by atoms with Crippen molar-refractivity contribution < 1.29 is 21.6 Å². The second-order valence-corrected chi connectivity index (χ2v) is 11.6. The van der Waals surface area contributed by atoms with Gasteiger partial charge >= 0.3 is 0 Å². The number of anilines is 1. The van der Waals surface area contributed by atoms with E-state index < -0.39 is 36.3 Å². The van der Waals surface area contributed by atoms with E-state index >= 15 is 0 Å². The number of nitrogens with zero attached hydrogens (tertiary/aromatic N) is 1. The van der Waals surface area contributed by atoms with Gasteiger partial charge in [-0.05, 0) is 57.2 Å². The Kier molecular flexibility index (Phi) is 7.14. The summed E-state index contributed by atoms with van der Waals surface area (Å²) in [5.74, 6) is -2.16. The number of carbonyl (C=O) groups excluding carboxylic acids is 1. The lowest BCUT2D eigenvalue weighted by Crippen LogP contribution is -2.31. The predicted molar refractivity (Wildman–Crippen MR) is 129 cm³/mol. The van der Waals surface area contributed by atoms with Crippen LogP contribution in [0.5, 0.6) is 0 Å². The maximum atomic E-state index is 13.2. The number of ketones is 1. The summed E-state index contributed by atoms with van der Waals surface area (Å²) in [6, 6.07) is 18.8. The molecule has 0 aliphatic carbocycles. The van der Waals surface area contributed by atoms with Crippen LogP contribution >= 0.6 is 0 Å². The molecular formula is C24H24N2O5S2. The Morgan fingerprint density at radius 3 is 1.61 bits per heavy atom. The standard InChI is InChI=1S/C24H24N2O5S2/c1-17-4-10-20(11-5-17)25-26-24(33(30,31)22-14-8-19(3)9-15-22)23(27)16-32(28,29)21-12-6-18(2)7-13-21/h4-15,25H,16H2,1-3H3. The molecule has 0 saturated carbocycles. The molecule has 0 bridgehead atoms. The van der Waals surface area contributed by atoms with Crippen molar-refractivity contribution in [2.24, 2.45) is 5.10 Å². The largest absolute Gasteiger partial charge is 0.290 e. The van der Waals surface area contributed by atoms with Crippen LogP contribution in [0.3, 0.4) is 0 Å². The SMILES string of the molecule is Cc1ccc(NN=C(C(=O)CS(=O)(=O)c2ccc(C)cc2)S(=O)(=O)c2ccc(C)cc2)cc1. The van der Waals surface area contributed by atoms with E-state index in [-0.39, 0.29) is 9.79 Å². The maximum Gasteiger partial charge on any atom is 0.229 e. The number of hydrogen-bond acceptors (Lipinski definition) is 7. The summed E-state index contributed by atoms with van der Waals surface area (Å²) in [7, 11) is -8.46. The highest BCUT2D eigenvalue weighted by atomic mass is 32.2. The lowest BCUT2D eigenvalue weighted by molar-refractivity contribution is -0.110. The van der Waals surface area contributed by atoms with E-state index in [1.807, 2.05) is 6.92 Å². The summed E-state index contributed by atoms with van der Waals surface area (Å²) < 4.78 is 52.1. The van der Waals surface area contributed by atoms with Crippen molar-refractivity contribution in [3.63, 3.8) is 0 Å². The van der Waals surface area contributed by atoms with Gasteiger partial charge in [-0.25, -0.2) is 16.8 Å². The molecule has 0 aliphatic rings. The first-order valence-corrected chi connectivity index (χ1v) is 13.2. The van der Waals surface area contributed by atoms with Gasteiger partial charge in [0.25, 0.3) is 0 Å². The van der Waals surface area contributed by atoms with Gasteiger partial charge < -0.3 is 0 Å². The van der Waals surface area contributed by atoms with Gasteiger partial charge in [0.1, 0.15) is 5.75 Å². The number of hydrazone groups is 1. The van der Waals surface area contributed by atoms with Crippen LogP contribution in [0.15, 0.2) is 87.7 Å². The van der Waals surface area contributed by atoms with Crippen LogP contribution in [0.25, 0.3) is 0 Å². The molecule has 0 atom stereocenters. The average molecular weight is 485 g/mol. The highest BCUT2D eigenvalue weighted by Gasteiger charge is 2.33. The van der Waals surface area contributed by atoms with Crippen LogP contribution in [0.2, 0.25) is 0 Å². The number of Topliss-reactive ketones (excluding diaryl/α,β-unsaturated/α-hetero) is 1. The zero-order valence-corrected chi connectivity index (χ0v) is 20.1. The molecule has 0 heterocycles. The average Bonchev–Trinajstić information content (AvgIpc) is 2.75. The first-order valence-electron chi connectivity index (χ1n) is 10.0. The van der Waals surface area contributed by atoms with E-state index in [0.29, 0.717) is 5.69 Å². The van der Waals surface area contributed by atoms with Crippen LogP contribution in [0, 0.1) is 20.8 Å². The Labute approximate surface area is 194 Å². The van der Waals surface area contributed by atoms with E-state index in [1.54, 1.807) is 62.4 Å². The second kappa shape index (κ2) is 9.68. The molecule has 3 rings (SSSR count). The van der Waals surface area contributed by atoms with Gasteiger partial charge in [-0.3, -0.25) is 10.2 Å². The molecule has 0 fully saturated rings. The molecule has 0 aliphatic heterocycles. The number of aryl methyl sites for hydroxylation is 3. The zero-order valence-electron chi connectivity index (χ0n) is 18.4. The Morgan fingerprint density at radius 2 is 1.12 bits per heavy atom. The Hall–Kier alpha value is -3.30. The van der Waals surface area contributed by atoms with Crippen molar-refractivity contribution in [2.45, 2.75) is 30.6 Å². The molecule has 0 saturated heterocycles. The third-order valence-electron chi connectivity index (χ3n) is 4.86. The normalized spacial score (nSPS) is 12.4. The number of hydrogen-bond donors (Lipinski definition) is 1. The monoisotopic (exact) mass is 484 g/mol. The zero-order chi connectivity index (χ0) is 24.2. The van der Waals surface area contributed by atoms with E-state index in [4.69, 9.17) is 0 Å². The van der Waals surface area contributed by atoms with Crippen LogP contribution in [0.1, 0.15) is 16.7 Å². The number of carbonyl (C=O) groups is 1. The lowest BCUT2D eigenvalue weighted by Gasteiger charge is -2.10. The molecule has 1 N–H and O–H groups in total. The minimum absolute atomic E-state index is 0.0694. The van der Waals surface area contributed by atoms with Gasteiger partial charge in [0.2, 0.25) is 20.7 Å². The number of sulfone groups is 2. The van der Waals surface area contributed by atoms with E-state index in [1.165, 1.54) is 24.3 Å². The maximum absolute atomic E-state index is 13.2. The highest BCUT2D eigenvalue weighted by molar-refractivity contribution is 8.08. The van der Waals surface area contributed by atoms with Gasteiger partial charge in [-0.2, -0.15) is 5.10 Å². The molecule has 3 aromatic carbocycles. The summed E-state index contributed by atoms with van der Waals surface area (Å²) in [4.78, 5) is 12.8. The van der Waals surface area contributed by atoms with Gasteiger partial charge in [0.05, 0.1) is 15.5 Å². The van der Waals surface area contributed by atoms with Gasteiger partial charge in [0.15, 0.2) is 9.84 Å². The number of benzene rings is 3. The molecule has 0 unspecified atom stereocenters. The van der Waals surface area contributed by atoms with Crippen molar-refractivity contribution in [1.82, 2.24) is 0 Å². The van der Waals surface area contributed by atoms with E-state index in [9.17, 15) is 21.6 Å². The van der Waals surface area contributed by atoms with Crippen LogP contribution in [-0.4, -0.2) is 33.4 Å². The molecule has 7 nitrogen and oxygen atoms in total. The lowest BCUT2D eigenvalue weighted by atomic mass is 10.2. The second-order valence-electron chi connectivity index (χ2n) is 7.71. The predicted octanol–water partition coefficient (Wildman–Crippen LogP) is 3.85. The van der Waals surface area contributed by atoms with Crippen molar-refractivity contribution >= 4 is 36.2 Å². The Bertz CT molecular complexity index is 1390. The third kappa shape index (κ3) is 5.94. The van der Waals surface area contributed by atoms with Crippen molar-refractivity contribution in [1.29, 1.82) is 0 Å². The first kappa shape index (κ1) is 24.3. The quantitative estimate of drug-likeness (QED) is 0.310. The van der Waals surface area contributed by atoms with Gasteiger partial charge in [-0.1, -0.05) is 53.1 Å². The fourth-order valence-corrected chi connectivity index (χ4v) is 5.45. The summed E-state index contributed by atoms with van der Waals surface area (Å²) >= 11 is 0. The summed E-state index contributed by atoms with van der Waals surface area (Å²) in [6.07, 6.45) is 0. The minimum Gasteiger partial charge on any atom is -0.290 e. The van der Waals surface area contributed by atoms with Crippen LogP contribution in [0.4, 0.5) is 5.69 Å². The van der Waals surface area contributed by atoms with Gasteiger partial charge in [0, 0.05) is 0 Å². The summed E-state index contributed by atoms with van der Waals surface area (Å²) in [5, 5.41) is 2.98. The smallest absolute Gasteiger partial charge is 0.229 e. The van der Waals surface area contributed by atoms with E-state index in [2.05, 4.69) is 10.5 Å². The van der Waals surface area contributed by atoms with Crippen molar-refractivity contribution in [3.8, 4) is 0 Å². The topological polar surface area (TPSA) is 110 Å². The highest BCUT2D eigenvalue weighted by Crippen LogP contribution is 2.18. The molecule has 172 valence electrons. The van der Waals surface area contributed by atoms with Crippen molar-refractivity contribution in [2.75, 3.05) is 11.2 Å². The van der Waals surface area contributed by atoms with E-state index in [0.717, 1.165) is 16.7 Å².